The Morgan fingerprint density at radius 1 is 0.583 bits per heavy atom. The van der Waals surface area contributed by atoms with Crippen molar-refractivity contribution in [2.24, 2.45) is 0 Å². The average molecular weight is 644 g/mol. The first-order valence-corrected chi connectivity index (χ1v) is 14.2. The summed E-state index contributed by atoms with van der Waals surface area (Å²) in [6.45, 7) is 6.08. The third-order valence-electron chi connectivity index (χ3n) is 6.77. The highest BCUT2D eigenvalue weighted by Gasteiger charge is 2.16. The summed E-state index contributed by atoms with van der Waals surface area (Å²) in [4.78, 5) is 48.2. The summed E-state index contributed by atoms with van der Waals surface area (Å²) in [6, 6.07) is 26.1. The maximum atomic E-state index is 13.0. The molecule has 0 saturated heterocycles. The number of rotatable bonds is 12. The third-order valence-corrected chi connectivity index (χ3v) is 6.77. The molecule has 0 heterocycles. The van der Waals surface area contributed by atoms with Gasteiger partial charge in [0.05, 0.1) is 16.7 Å². The zero-order valence-electron chi connectivity index (χ0n) is 25.2. The Morgan fingerprint density at radius 2 is 1.04 bits per heavy atom. The summed E-state index contributed by atoms with van der Waals surface area (Å²) >= 11 is 0. The van der Waals surface area contributed by atoms with Crippen molar-refractivity contribution in [3.63, 3.8) is 0 Å². The Hall–Kier alpha value is -6.93. The zero-order valence-corrected chi connectivity index (χ0v) is 25.2. The lowest BCUT2D eigenvalue weighted by atomic mass is 10.1. The standard InChI is InChI=1S/C37H25NO10/c1-3-34(39)45-21-43-30-11-9-23-15-27(7-5-25(23)17-30)36(41)47-32-13-14-33(29(19-32)20-38)48-37(42)28-8-6-26-18-31(12-10-24(26)16-28)44-22-46-35(40)4-2/h3-19H,1-2,21-22H2. The van der Waals surface area contributed by atoms with Gasteiger partial charge in [0.1, 0.15) is 29.1 Å². The van der Waals surface area contributed by atoms with Crippen LogP contribution in [0.25, 0.3) is 21.5 Å². The molecule has 5 aromatic rings. The highest BCUT2D eigenvalue weighted by molar-refractivity contribution is 5.98. The van der Waals surface area contributed by atoms with E-state index in [1.807, 2.05) is 6.07 Å². The smallest absolute Gasteiger partial charge is 0.343 e. The molecule has 0 N–H and O–H groups in total. The molecule has 0 unspecified atom stereocenters. The Morgan fingerprint density at radius 3 is 1.54 bits per heavy atom. The number of ether oxygens (including phenoxy) is 6. The van der Waals surface area contributed by atoms with Crippen LogP contribution in [0.4, 0.5) is 0 Å². The second-order valence-corrected chi connectivity index (χ2v) is 9.86. The molecule has 238 valence electrons. The van der Waals surface area contributed by atoms with Crippen LogP contribution in [0.2, 0.25) is 0 Å². The third kappa shape index (κ3) is 8.01. The Bertz CT molecular complexity index is 2130. The highest BCUT2D eigenvalue weighted by Crippen LogP contribution is 2.28. The molecular weight excluding hydrogens is 618 g/mol. The average Bonchev–Trinajstić information content (AvgIpc) is 3.11. The van der Waals surface area contributed by atoms with E-state index in [1.54, 1.807) is 72.8 Å². The summed E-state index contributed by atoms with van der Waals surface area (Å²) in [5.74, 6) is -1.57. The minimum absolute atomic E-state index is 0.0109. The Balaban J connectivity index is 1.22. The molecule has 11 nitrogen and oxygen atoms in total. The topological polar surface area (TPSA) is 147 Å². The van der Waals surface area contributed by atoms with E-state index in [-0.39, 0.29) is 41.8 Å². The maximum absolute atomic E-state index is 13.0. The Labute approximate surface area is 273 Å². The van der Waals surface area contributed by atoms with E-state index in [0.29, 0.717) is 11.5 Å². The number of esters is 4. The summed E-state index contributed by atoms with van der Waals surface area (Å²) in [6.07, 6.45) is 2.07. The van der Waals surface area contributed by atoms with Gasteiger partial charge in [0, 0.05) is 18.2 Å². The molecule has 0 radical (unpaired) electrons. The molecular formula is C37H25NO10. The second kappa shape index (κ2) is 14.9. The van der Waals surface area contributed by atoms with Crippen molar-refractivity contribution >= 4 is 45.4 Å². The van der Waals surface area contributed by atoms with Crippen LogP contribution in [0.5, 0.6) is 23.0 Å². The van der Waals surface area contributed by atoms with Crippen LogP contribution in [-0.4, -0.2) is 37.5 Å². The molecule has 0 fully saturated rings. The number of nitrogens with zero attached hydrogens (tertiary/aromatic N) is 1. The fraction of sp³-hybridized carbons (Fsp3) is 0.0541. The van der Waals surface area contributed by atoms with Gasteiger partial charge in [0.2, 0.25) is 13.6 Å². The van der Waals surface area contributed by atoms with E-state index in [0.717, 1.165) is 33.7 Å². The molecule has 5 aromatic carbocycles. The predicted octanol–water partition coefficient (Wildman–Crippen LogP) is 6.43. The number of benzene rings is 5. The van der Waals surface area contributed by atoms with Gasteiger partial charge >= 0.3 is 23.9 Å². The fourth-order valence-electron chi connectivity index (χ4n) is 4.38. The lowest BCUT2D eigenvalue weighted by Crippen LogP contribution is -2.11. The van der Waals surface area contributed by atoms with E-state index in [2.05, 4.69) is 13.2 Å². The normalized spacial score (nSPS) is 10.3. The quantitative estimate of drug-likeness (QED) is 0.0641. The first kappa shape index (κ1) is 32.5. The van der Waals surface area contributed by atoms with Crippen molar-refractivity contribution in [3.8, 4) is 29.1 Å². The first-order chi connectivity index (χ1) is 23.3. The van der Waals surface area contributed by atoms with Crippen molar-refractivity contribution in [3.05, 3.63) is 133 Å². The molecule has 0 atom stereocenters. The van der Waals surface area contributed by atoms with E-state index >= 15 is 0 Å². The van der Waals surface area contributed by atoms with Gasteiger partial charge in [-0.3, -0.25) is 0 Å². The van der Waals surface area contributed by atoms with Crippen LogP contribution < -0.4 is 18.9 Å². The van der Waals surface area contributed by atoms with Crippen molar-refractivity contribution in [2.45, 2.75) is 0 Å². The zero-order chi connectivity index (χ0) is 34.0. The van der Waals surface area contributed by atoms with Crippen LogP contribution in [0.15, 0.2) is 116 Å². The Kier molecular flexibility index (Phi) is 10.1. The minimum Gasteiger partial charge on any atom is -0.457 e. The highest BCUT2D eigenvalue weighted by atomic mass is 16.7. The van der Waals surface area contributed by atoms with Gasteiger partial charge in [-0.15, -0.1) is 0 Å². The maximum Gasteiger partial charge on any atom is 0.343 e. The lowest BCUT2D eigenvalue weighted by Gasteiger charge is -2.10. The number of fused-ring (bicyclic) bond motifs is 2. The number of carbonyl (C=O) groups excluding carboxylic acids is 4. The molecule has 0 aliphatic carbocycles. The van der Waals surface area contributed by atoms with Gasteiger partial charge in [-0.05, 0) is 82.2 Å². The van der Waals surface area contributed by atoms with Crippen molar-refractivity contribution in [2.75, 3.05) is 13.6 Å². The van der Waals surface area contributed by atoms with Gasteiger partial charge in [-0.25, -0.2) is 19.2 Å². The number of carbonyl (C=O) groups is 4. The van der Waals surface area contributed by atoms with E-state index in [1.165, 1.54) is 18.2 Å². The molecule has 0 aromatic heterocycles. The van der Waals surface area contributed by atoms with Crippen LogP contribution >= 0.6 is 0 Å². The number of hydrogen-bond donors (Lipinski definition) is 0. The molecule has 0 aliphatic rings. The number of hydrogen-bond acceptors (Lipinski definition) is 11. The summed E-state index contributed by atoms with van der Waals surface area (Å²) < 4.78 is 31.4. The van der Waals surface area contributed by atoms with E-state index in [9.17, 15) is 24.4 Å². The molecule has 0 aliphatic heterocycles. The molecule has 48 heavy (non-hydrogen) atoms. The predicted molar refractivity (Wildman–Crippen MR) is 173 cm³/mol. The molecule has 5 rings (SSSR count). The largest absolute Gasteiger partial charge is 0.457 e. The lowest BCUT2D eigenvalue weighted by molar-refractivity contribution is -0.145. The van der Waals surface area contributed by atoms with Crippen LogP contribution in [0.1, 0.15) is 26.3 Å². The van der Waals surface area contributed by atoms with E-state index in [4.69, 9.17) is 28.4 Å². The van der Waals surface area contributed by atoms with Crippen molar-refractivity contribution in [1.82, 2.24) is 0 Å². The summed E-state index contributed by atoms with van der Waals surface area (Å²) in [7, 11) is 0. The van der Waals surface area contributed by atoms with Gasteiger partial charge in [0.25, 0.3) is 0 Å². The van der Waals surface area contributed by atoms with Gasteiger partial charge < -0.3 is 28.4 Å². The van der Waals surface area contributed by atoms with Gasteiger partial charge in [-0.1, -0.05) is 37.4 Å². The minimum atomic E-state index is -0.697. The SMILES string of the molecule is C=CC(=O)OCOc1ccc2cc(C(=O)Oc3ccc(OC(=O)c4ccc5cc(OCOC(=O)C=C)ccc5c4)c(C#N)c3)ccc2c1. The molecule has 0 saturated carbocycles. The van der Waals surface area contributed by atoms with Crippen molar-refractivity contribution in [1.29, 1.82) is 5.26 Å². The molecule has 11 heteroatoms. The molecule has 0 spiro atoms. The van der Waals surface area contributed by atoms with Crippen molar-refractivity contribution < 1.29 is 47.6 Å². The van der Waals surface area contributed by atoms with E-state index < -0.39 is 23.9 Å². The molecule has 0 bridgehead atoms. The first-order valence-electron chi connectivity index (χ1n) is 14.2. The van der Waals surface area contributed by atoms with Crippen LogP contribution in [0, 0.1) is 11.3 Å². The summed E-state index contributed by atoms with van der Waals surface area (Å²) in [5.41, 5.74) is 0.482. The fourth-order valence-corrected chi connectivity index (χ4v) is 4.38. The van der Waals surface area contributed by atoms with Crippen LogP contribution in [-0.2, 0) is 19.1 Å². The monoisotopic (exact) mass is 643 g/mol. The second-order valence-electron chi connectivity index (χ2n) is 9.86. The molecule has 0 amide bonds. The number of nitriles is 1. The van der Waals surface area contributed by atoms with Gasteiger partial charge in [-0.2, -0.15) is 5.26 Å². The summed E-state index contributed by atoms with van der Waals surface area (Å²) in [5, 5.41) is 12.7. The van der Waals surface area contributed by atoms with Crippen LogP contribution in [0.3, 0.4) is 0 Å². The van der Waals surface area contributed by atoms with Gasteiger partial charge in [0.15, 0.2) is 0 Å².